The zero-order valence-corrected chi connectivity index (χ0v) is 8.28. The number of carbonyl (C=O) groups excluding carboxylic acids is 1. The van der Waals surface area contributed by atoms with Crippen molar-refractivity contribution in [3.8, 4) is 0 Å². The van der Waals surface area contributed by atoms with Gasteiger partial charge in [-0.25, -0.2) is 0 Å². The first-order valence-corrected chi connectivity index (χ1v) is 5.29. The average Bonchev–Trinajstić information content (AvgIpc) is 2.75. The van der Waals surface area contributed by atoms with Crippen molar-refractivity contribution >= 4 is 5.97 Å². The summed E-state index contributed by atoms with van der Waals surface area (Å²) in [6, 6.07) is 0.187. The highest BCUT2D eigenvalue weighted by molar-refractivity contribution is 5.73. The molecule has 14 heavy (non-hydrogen) atoms. The quantitative estimate of drug-likeness (QED) is 0.656. The van der Waals surface area contributed by atoms with Crippen molar-refractivity contribution in [2.75, 3.05) is 13.2 Å². The number of hydrogen-bond acceptors (Lipinski definition) is 4. The Balaban J connectivity index is 1.77. The van der Waals surface area contributed by atoms with Crippen LogP contribution >= 0.6 is 0 Å². The first-order valence-electron chi connectivity index (χ1n) is 5.29. The van der Waals surface area contributed by atoms with E-state index in [9.17, 15) is 4.79 Å². The first-order chi connectivity index (χ1) is 6.75. The standard InChI is InChI=1S/C10H17NO3/c11-8-2-1-7(5-8)10(12)14-9-3-4-13-6-9/h7-9H,1-6,11H2. The van der Waals surface area contributed by atoms with Crippen LogP contribution in [0.15, 0.2) is 0 Å². The van der Waals surface area contributed by atoms with Gasteiger partial charge >= 0.3 is 5.97 Å². The van der Waals surface area contributed by atoms with E-state index in [0.29, 0.717) is 13.2 Å². The van der Waals surface area contributed by atoms with E-state index >= 15 is 0 Å². The van der Waals surface area contributed by atoms with Gasteiger partial charge in [-0.1, -0.05) is 0 Å². The van der Waals surface area contributed by atoms with Crippen molar-refractivity contribution < 1.29 is 14.3 Å². The second-order valence-electron chi connectivity index (χ2n) is 4.19. The Labute approximate surface area is 83.7 Å². The van der Waals surface area contributed by atoms with Crippen LogP contribution in [-0.2, 0) is 14.3 Å². The summed E-state index contributed by atoms with van der Waals surface area (Å²) in [6.07, 6.45) is 3.44. The zero-order valence-electron chi connectivity index (χ0n) is 8.28. The van der Waals surface area contributed by atoms with E-state index < -0.39 is 0 Å². The normalized spacial score (nSPS) is 37.4. The predicted octanol–water partition coefficient (Wildman–Crippen LogP) is 0.446. The molecule has 1 heterocycles. The summed E-state index contributed by atoms with van der Waals surface area (Å²) < 4.78 is 10.5. The van der Waals surface area contributed by atoms with Crippen molar-refractivity contribution in [2.24, 2.45) is 11.7 Å². The van der Waals surface area contributed by atoms with Crippen molar-refractivity contribution in [3.63, 3.8) is 0 Å². The zero-order chi connectivity index (χ0) is 9.97. The Morgan fingerprint density at radius 3 is 2.79 bits per heavy atom. The Morgan fingerprint density at radius 1 is 1.36 bits per heavy atom. The Kier molecular flexibility index (Phi) is 3.03. The smallest absolute Gasteiger partial charge is 0.309 e. The maximum Gasteiger partial charge on any atom is 0.309 e. The number of carbonyl (C=O) groups is 1. The summed E-state index contributed by atoms with van der Waals surface area (Å²) in [7, 11) is 0. The summed E-state index contributed by atoms with van der Waals surface area (Å²) in [6.45, 7) is 1.27. The highest BCUT2D eigenvalue weighted by Gasteiger charge is 2.31. The third-order valence-electron chi connectivity index (χ3n) is 2.98. The van der Waals surface area contributed by atoms with Crippen LogP contribution in [0.1, 0.15) is 25.7 Å². The molecule has 0 aromatic carbocycles. The van der Waals surface area contributed by atoms with Gasteiger partial charge in [0.15, 0.2) is 0 Å². The molecule has 4 heteroatoms. The third-order valence-corrected chi connectivity index (χ3v) is 2.98. The van der Waals surface area contributed by atoms with E-state index in [1.807, 2.05) is 0 Å². The fraction of sp³-hybridized carbons (Fsp3) is 0.900. The molecule has 3 unspecified atom stereocenters. The molecule has 2 aliphatic rings. The molecule has 1 saturated heterocycles. The molecular formula is C10H17NO3. The topological polar surface area (TPSA) is 61.6 Å². The number of ether oxygens (including phenoxy) is 2. The fourth-order valence-corrected chi connectivity index (χ4v) is 2.10. The third kappa shape index (κ3) is 2.25. The van der Waals surface area contributed by atoms with Gasteiger partial charge in [0.2, 0.25) is 0 Å². The largest absolute Gasteiger partial charge is 0.460 e. The number of hydrogen-bond donors (Lipinski definition) is 1. The van der Waals surface area contributed by atoms with Crippen LogP contribution in [0.2, 0.25) is 0 Å². The van der Waals surface area contributed by atoms with E-state index in [1.165, 1.54) is 0 Å². The van der Waals surface area contributed by atoms with Crippen LogP contribution in [0.25, 0.3) is 0 Å². The highest BCUT2D eigenvalue weighted by atomic mass is 16.6. The molecule has 0 amide bonds. The van der Waals surface area contributed by atoms with Gasteiger partial charge in [-0.2, -0.15) is 0 Å². The molecule has 4 nitrogen and oxygen atoms in total. The molecule has 1 aliphatic carbocycles. The van der Waals surface area contributed by atoms with Gasteiger partial charge in [-0.05, 0) is 19.3 Å². The lowest BCUT2D eigenvalue weighted by Gasteiger charge is -2.13. The van der Waals surface area contributed by atoms with Gasteiger partial charge in [0.1, 0.15) is 6.10 Å². The Morgan fingerprint density at radius 2 is 2.21 bits per heavy atom. The van der Waals surface area contributed by atoms with Crippen molar-refractivity contribution in [1.82, 2.24) is 0 Å². The number of rotatable bonds is 2. The molecule has 2 fully saturated rings. The highest BCUT2D eigenvalue weighted by Crippen LogP contribution is 2.26. The van der Waals surface area contributed by atoms with E-state index in [0.717, 1.165) is 25.7 Å². The lowest BCUT2D eigenvalue weighted by Crippen LogP contribution is -2.24. The molecule has 1 aliphatic heterocycles. The average molecular weight is 199 g/mol. The van der Waals surface area contributed by atoms with Crippen molar-refractivity contribution in [1.29, 1.82) is 0 Å². The van der Waals surface area contributed by atoms with E-state index in [2.05, 4.69) is 0 Å². The molecule has 1 saturated carbocycles. The van der Waals surface area contributed by atoms with Crippen LogP contribution in [-0.4, -0.2) is 31.3 Å². The van der Waals surface area contributed by atoms with Crippen LogP contribution in [0.5, 0.6) is 0 Å². The molecular weight excluding hydrogens is 182 g/mol. The van der Waals surface area contributed by atoms with Gasteiger partial charge < -0.3 is 15.2 Å². The van der Waals surface area contributed by atoms with Gasteiger partial charge in [-0.15, -0.1) is 0 Å². The lowest BCUT2D eigenvalue weighted by molar-refractivity contribution is -0.153. The van der Waals surface area contributed by atoms with Crippen LogP contribution < -0.4 is 5.73 Å². The second-order valence-corrected chi connectivity index (χ2v) is 4.19. The molecule has 2 N–H and O–H groups in total. The number of nitrogens with two attached hydrogens (primary N) is 1. The van der Waals surface area contributed by atoms with Crippen LogP contribution in [0.3, 0.4) is 0 Å². The van der Waals surface area contributed by atoms with Crippen LogP contribution in [0, 0.1) is 5.92 Å². The molecule has 2 rings (SSSR count). The summed E-state index contributed by atoms with van der Waals surface area (Å²) in [5, 5.41) is 0. The fourth-order valence-electron chi connectivity index (χ4n) is 2.10. The summed E-state index contributed by atoms with van der Waals surface area (Å²) in [4.78, 5) is 11.6. The second kappa shape index (κ2) is 4.28. The van der Waals surface area contributed by atoms with E-state index in [4.69, 9.17) is 15.2 Å². The monoisotopic (exact) mass is 199 g/mol. The molecule has 0 radical (unpaired) electrons. The van der Waals surface area contributed by atoms with Gasteiger partial charge in [-0.3, -0.25) is 4.79 Å². The minimum atomic E-state index is -0.0755. The molecule has 0 aromatic heterocycles. The number of esters is 1. The van der Waals surface area contributed by atoms with Gasteiger partial charge in [0.05, 0.1) is 19.1 Å². The lowest BCUT2D eigenvalue weighted by atomic mass is 10.1. The summed E-state index contributed by atoms with van der Waals surface area (Å²) in [5.41, 5.74) is 5.74. The van der Waals surface area contributed by atoms with Gasteiger partial charge in [0, 0.05) is 12.5 Å². The SMILES string of the molecule is NC1CCC(C(=O)OC2CCOC2)C1. The predicted molar refractivity (Wildman–Crippen MR) is 50.6 cm³/mol. The molecule has 0 bridgehead atoms. The molecule has 0 spiro atoms. The van der Waals surface area contributed by atoms with Crippen molar-refractivity contribution in [2.45, 2.75) is 37.8 Å². The molecule has 3 atom stereocenters. The Bertz CT molecular complexity index is 213. The van der Waals surface area contributed by atoms with Gasteiger partial charge in [0.25, 0.3) is 0 Å². The van der Waals surface area contributed by atoms with Crippen molar-refractivity contribution in [3.05, 3.63) is 0 Å². The maximum atomic E-state index is 11.6. The Hall–Kier alpha value is -0.610. The maximum absolute atomic E-state index is 11.6. The molecule has 0 aromatic rings. The summed E-state index contributed by atoms with van der Waals surface area (Å²) >= 11 is 0. The first kappa shape index (κ1) is 9.93. The van der Waals surface area contributed by atoms with E-state index in [1.54, 1.807) is 0 Å². The molecule has 80 valence electrons. The van der Waals surface area contributed by atoms with Crippen LogP contribution in [0.4, 0.5) is 0 Å². The summed E-state index contributed by atoms with van der Waals surface area (Å²) in [5.74, 6) is -0.0425. The minimum Gasteiger partial charge on any atom is -0.460 e. The minimum absolute atomic E-state index is 0.0145. The van der Waals surface area contributed by atoms with E-state index in [-0.39, 0.29) is 24.0 Å².